The van der Waals surface area contributed by atoms with E-state index in [1.165, 1.54) is 37.7 Å². The summed E-state index contributed by atoms with van der Waals surface area (Å²) in [6.07, 6.45) is 8.70. The molecule has 1 aliphatic rings. The Kier molecular flexibility index (Phi) is 3.47. The van der Waals surface area contributed by atoms with Crippen molar-refractivity contribution in [3.63, 3.8) is 0 Å². The summed E-state index contributed by atoms with van der Waals surface area (Å²) in [5, 5.41) is 3.54. The molecule has 0 radical (unpaired) electrons. The third-order valence-electron chi connectivity index (χ3n) is 4.05. The average molecular weight is 218 g/mol. The molecule has 1 heterocycles. The van der Waals surface area contributed by atoms with Crippen molar-refractivity contribution in [1.82, 2.24) is 4.98 Å². The van der Waals surface area contributed by atoms with Gasteiger partial charge in [-0.25, -0.2) is 4.98 Å². The maximum absolute atomic E-state index is 4.39. The van der Waals surface area contributed by atoms with Crippen LogP contribution in [-0.4, -0.2) is 11.5 Å². The van der Waals surface area contributed by atoms with Crippen molar-refractivity contribution in [2.45, 2.75) is 46.0 Å². The predicted molar refractivity (Wildman–Crippen MR) is 68.7 cm³/mol. The molecule has 0 atom stereocenters. The molecule has 0 aliphatic heterocycles. The Morgan fingerprint density at radius 1 is 1.38 bits per heavy atom. The standard InChI is InChI=1S/C14H22N2/c1-3-14(8-4-5-9-14)11-16-13-12(2)7-6-10-15-13/h6-7,10H,3-5,8-9,11H2,1-2H3,(H,15,16). The van der Waals surface area contributed by atoms with E-state index in [-0.39, 0.29) is 0 Å². The van der Waals surface area contributed by atoms with E-state index in [9.17, 15) is 0 Å². The molecule has 1 fully saturated rings. The molecule has 0 bridgehead atoms. The second kappa shape index (κ2) is 4.86. The van der Waals surface area contributed by atoms with Gasteiger partial charge in [0.1, 0.15) is 5.82 Å². The molecule has 1 saturated carbocycles. The lowest BCUT2D eigenvalue weighted by Crippen LogP contribution is -2.26. The lowest BCUT2D eigenvalue weighted by Gasteiger charge is -2.28. The fraction of sp³-hybridized carbons (Fsp3) is 0.643. The number of nitrogens with one attached hydrogen (secondary N) is 1. The van der Waals surface area contributed by atoms with E-state index in [1.54, 1.807) is 0 Å². The molecule has 1 N–H and O–H groups in total. The smallest absolute Gasteiger partial charge is 0.128 e. The Morgan fingerprint density at radius 3 is 2.75 bits per heavy atom. The van der Waals surface area contributed by atoms with E-state index in [2.05, 4.69) is 30.2 Å². The predicted octanol–water partition coefficient (Wildman–Crippen LogP) is 3.77. The van der Waals surface area contributed by atoms with E-state index in [0.29, 0.717) is 5.41 Å². The molecule has 0 amide bonds. The summed E-state index contributed by atoms with van der Waals surface area (Å²) in [5.74, 6) is 1.06. The molecular weight excluding hydrogens is 196 g/mol. The first kappa shape index (κ1) is 11.4. The second-order valence-corrected chi connectivity index (χ2v) is 5.08. The zero-order valence-electron chi connectivity index (χ0n) is 10.4. The van der Waals surface area contributed by atoms with Crippen molar-refractivity contribution < 1.29 is 0 Å². The molecule has 2 heteroatoms. The van der Waals surface area contributed by atoms with Crippen LogP contribution in [0.4, 0.5) is 5.82 Å². The maximum Gasteiger partial charge on any atom is 0.128 e. The highest BCUT2D eigenvalue weighted by molar-refractivity contribution is 5.42. The Balaban J connectivity index is 1.98. The highest BCUT2D eigenvalue weighted by Crippen LogP contribution is 2.40. The van der Waals surface area contributed by atoms with E-state index in [0.717, 1.165) is 12.4 Å². The third kappa shape index (κ3) is 2.37. The largest absolute Gasteiger partial charge is 0.369 e. The lowest BCUT2D eigenvalue weighted by atomic mass is 9.83. The van der Waals surface area contributed by atoms with Gasteiger partial charge in [-0.15, -0.1) is 0 Å². The van der Waals surface area contributed by atoms with Gasteiger partial charge in [0.15, 0.2) is 0 Å². The number of hydrogen-bond donors (Lipinski definition) is 1. The summed E-state index contributed by atoms with van der Waals surface area (Å²) in [5.41, 5.74) is 1.77. The van der Waals surface area contributed by atoms with Crippen molar-refractivity contribution in [2.24, 2.45) is 5.41 Å². The minimum Gasteiger partial charge on any atom is -0.369 e. The summed E-state index contributed by atoms with van der Waals surface area (Å²) in [7, 11) is 0. The zero-order valence-corrected chi connectivity index (χ0v) is 10.4. The SMILES string of the molecule is CCC1(CNc2ncccc2C)CCCC1. The Hall–Kier alpha value is -1.05. The van der Waals surface area contributed by atoms with Gasteiger partial charge in [0.05, 0.1) is 0 Å². The first-order chi connectivity index (χ1) is 7.76. The normalized spacial score (nSPS) is 18.6. The van der Waals surface area contributed by atoms with Crippen LogP contribution in [0.3, 0.4) is 0 Å². The first-order valence-corrected chi connectivity index (χ1v) is 6.41. The molecule has 0 saturated heterocycles. The molecule has 0 aromatic carbocycles. The monoisotopic (exact) mass is 218 g/mol. The van der Waals surface area contributed by atoms with Crippen LogP contribution in [0.5, 0.6) is 0 Å². The van der Waals surface area contributed by atoms with E-state index < -0.39 is 0 Å². The van der Waals surface area contributed by atoms with Crippen LogP contribution in [0.1, 0.15) is 44.6 Å². The average Bonchev–Trinajstić information content (AvgIpc) is 2.78. The van der Waals surface area contributed by atoms with E-state index >= 15 is 0 Å². The van der Waals surface area contributed by atoms with Crippen LogP contribution in [0.15, 0.2) is 18.3 Å². The fourth-order valence-corrected chi connectivity index (χ4v) is 2.72. The quantitative estimate of drug-likeness (QED) is 0.832. The van der Waals surface area contributed by atoms with Gasteiger partial charge in [0.2, 0.25) is 0 Å². The van der Waals surface area contributed by atoms with Gasteiger partial charge in [0.25, 0.3) is 0 Å². The summed E-state index contributed by atoms with van der Waals surface area (Å²) < 4.78 is 0. The van der Waals surface area contributed by atoms with Crippen molar-refractivity contribution in [3.05, 3.63) is 23.9 Å². The summed E-state index contributed by atoms with van der Waals surface area (Å²) in [4.78, 5) is 4.39. The third-order valence-corrected chi connectivity index (χ3v) is 4.05. The van der Waals surface area contributed by atoms with E-state index in [1.807, 2.05) is 12.3 Å². The second-order valence-electron chi connectivity index (χ2n) is 5.08. The van der Waals surface area contributed by atoms with Crippen LogP contribution in [0.25, 0.3) is 0 Å². The van der Waals surface area contributed by atoms with E-state index in [4.69, 9.17) is 0 Å². The van der Waals surface area contributed by atoms with Crippen LogP contribution >= 0.6 is 0 Å². The number of rotatable bonds is 4. The Bertz CT molecular complexity index is 340. The van der Waals surface area contributed by atoms with Crippen molar-refractivity contribution in [3.8, 4) is 0 Å². The molecule has 1 aliphatic carbocycles. The summed E-state index contributed by atoms with van der Waals surface area (Å²) in [6, 6.07) is 4.11. The van der Waals surface area contributed by atoms with Gasteiger partial charge in [-0.1, -0.05) is 25.8 Å². The molecule has 1 aromatic heterocycles. The minimum absolute atomic E-state index is 0.532. The number of aromatic nitrogens is 1. The number of aryl methyl sites for hydroxylation is 1. The van der Waals surface area contributed by atoms with Gasteiger partial charge in [-0.05, 0) is 43.2 Å². The van der Waals surface area contributed by atoms with Gasteiger partial charge in [-0.3, -0.25) is 0 Å². The Labute approximate surface area is 98.5 Å². The fourth-order valence-electron chi connectivity index (χ4n) is 2.72. The van der Waals surface area contributed by atoms with Crippen LogP contribution in [-0.2, 0) is 0 Å². The highest BCUT2D eigenvalue weighted by Gasteiger charge is 2.31. The number of nitrogens with zero attached hydrogens (tertiary/aromatic N) is 1. The molecule has 0 unspecified atom stereocenters. The molecule has 1 aromatic rings. The highest BCUT2D eigenvalue weighted by atomic mass is 15.0. The first-order valence-electron chi connectivity index (χ1n) is 6.41. The Morgan fingerprint density at radius 2 is 2.12 bits per heavy atom. The van der Waals surface area contributed by atoms with Gasteiger partial charge in [0, 0.05) is 12.7 Å². The molecule has 2 rings (SSSR count). The van der Waals surface area contributed by atoms with Gasteiger partial charge in [-0.2, -0.15) is 0 Å². The zero-order chi connectivity index (χ0) is 11.4. The molecule has 2 nitrogen and oxygen atoms in total. The molecule has 88 valence electrons. The molecule has 0 spiro atoms. The summed E-state index contributed by atoms with van der Waals surface area (Å²) in [6.45, 7) is 5.52. The topological polar surface area (TPSA) is 24.9 Å². The van der Waals surface area contributed by atoms with Crippen LogP contribution < -0.4 is 5.32 Å². The van der Waals surface area contributed by atoms with Crippen molar-refractivity contribution in [1.29, 1.82) is 0 Å². The van der Waals surface area contributed by atoms with Crippen LogP contribution in [0, 0.1) is 12.3 Å². The maximum atomic E-state index is 4.39. The summed E-state index contributed by atoms with van der Waals surface area (Å²) >= 11 is 0. The van der Waals surface area contributed by atoms with Gasteiger partial charge >= 0.3 is 0 Å². The minimum atomic E-state index is 0.532. The van der Waals surface area contributed by atoms with Crippen molar-refractivity contribution >= 4 is 5.82 Å². The number of pyridine rings is 1. The molecule has 16 heavy (non-hydrogen) atoms. The number of hydrogen-bond acceptors (Lipinski definition) is 2. The molecular formula is C14H22N2. The van der Waals surface area contributed by atoms with Crippen molar-refractivity contribution in [2.75, 3.05) is 11.9 Å². The number of anilines is 1. The lowest BCUT2D eigenvalue weighted by molar-refractivity contribution is 0.306. The van der Waals surface area contributed by atoms with Crippen LogP contribution in [0.2, 0.25) is 0 Å². The van der Waals surface area contributed by atoms with Gasteiger partial charge < -0.3 is 5.32 Å².